The van der Waals surface area contributed by atoms with Gasteiger partial charge in [0.1, 0.15) is 11.3 Å². The standard InChI is InChI=1S/C16H26N2O3/c1-4-18(5-2)10-7-11-21-16(19)14-9-8-13(17)12-15(14)20-6-3/h8-9,12H,4-7,10-11,17H2,1-3H3. The molecule has 0 unspecified atom stereocenters. The van der Waals surface area contributed by atoms with Gasteiger partial charge in [0.15, 0.2) is 0 Å². The smallest absolute Gasteiger partial charge is 0.341 e. The molecule has 1 rings (SSSR count). The number of hydrogen-bond acceptors (Lipinski definition) is 5. The van der Waals surface area contributed by atoms with Crippen molar-refractivity contribution < 1.29 is 14.3 Å². The number of hydrogen-bond donors (Lipinski definition) is 1. The first-order valence-corrected chi connectivity index (χ1v) is 7.54. The third-order valence-electron chi connectivity index (χ3n) is 3.27. The first-order valence-electron chi connectivity index (χ1n) is 7.54. The van der Waals surface area contributed by atoms with E-state index in [9.17, 15) is 4.79 Å². The summed E-state index contributed by atoms with van der Waals surface area (Å²) in [6.45, 7) is 9.95. The van der Waals surface area contributed by atoms with Crippen molar-refractivity contribution in [3.63, 3.8) is 0 Å². The summed E-state index contributed by atoms with van der Waals surface area (Å²) in [4.78, 5) is 14.4. The van der Waals surface area contributed by atoms with Crippen molar-refractivity contribution in [2.75, 3.05) is 38.6 Å². The first-order chi connectivity index (χ1) is 10.1. The minimum atomic E-state index is -0.363. The van der Waals surface area contributed by atoms with Gasteiger partial charge >= 0.3 is 5.97 Å². The van der Waals surface area contributed by atoms with E-state index in [1.165, 1.54) is 0 Å². The second kappa shape index (κ2) is 9.23. The largest absolute Gasteiger partial charge is 0.493 e. The molecule has 0 fully saturated rings. The summed E-state index contributed by atoms with van der Waals surface area (Å²) in [5.74, 6) is 0.115. The molecule has 0 aromatic heterocycles. The van der Waals surface area contributed by atoms with E-state index in [1.54, 1.807) is 18.2 Å². The Balaban J connectivity index is 2.52. The lowest BCUT2D eigenvalue weighted by Gasteiger charge is -2.17. The van der Waals surface area contributed by atoms with Crippen molar-refractivity contribution in [1.29, 1.82) is 0 Å². The lowest BCUT2D eigenvalue weighted by atomic mass is 10.2. The molecule has 2 N–H and O–H groups in total. The van der Waals surface area contributed by atoms with Crippen LogP contribution in [-0.4, -0.2) is 43.7 Å². The van der Waals surface area contributed by atoms with Gasteiger partial charge in [-0.2, -0.15) is 0 Å². The Morgan fingerprint density at radius 3 is 2.57 bits per heavy atom. The van der Waals surface area contributed by atoms with Crippen LogP contribution >= 0.6 is 0 Å². The van der Waals surface area contributed by atoms with Crippen LogP contribution in [0.4, 0.5) is 5.69 Å². The lowest BCUT2D eigenvalue weighted by molar-refractivity contribution is 0.0485. The van der Waals surface area contributed by atoms with E-state index in [0.29, 0.717) is 30.2 Å². The average molecular weight is 294 g/mol. The molecule has 1 aromatic carbocycles. The minimum Gasteiger partial charge on any atom is -0.493 e. The van der Waals surface area contributed by atoms with E-state index in [0.717, 1.165) is 26.1 Å². The van der Waals surface area contributed by atoms with Gasteiger partial charge in [-0.05, 0) is 38.6 Å². The zero-order chi connectivity index (χ0) is 15.7. The molecule has 0 heterocycles. The van der Waals surface area contributed by atoms with Gasteiger partial charge in [0, 0.05) is 18.3 Å². The second-order valence-corrected chi connectivity index (χ2v) is 4.70. The molecule has 5 heteroatoms. The highest BCUT2D eigenvalue weighted by atomic mass is 16.5. The molecule has 0 amide bonds. The molecular formula is C16H26N2O3. The number of nitrogen functional groups attached to an aromatic ring is 1. The van der Waals surface area contributed by atoms with Crippen molar-refractivity contribution in [3.8, 4) is 5.75 Å². The first kappa shape index (κ1) is 17.3. The van der Waals surface area contributed by atoms with Gasteiger partial charge in [0.25, 0.3) is 0 Å². The van der Waals surface area contributed by atoms with Gasteiger partial charge in [-0.3, -0.25) is 0 Å². The molecule has 21 heavy (non-hydrogen) atoms. The molecule has 0 aliphatic rings. The molecule has 0 bridgehead atoms. The van der Waals surface area contributed by atoms with Crippen LogP contribution in [0.5, 0.6) is 5.75 Å². The van der Waals surface area contributed by atoms with E-state index in [-0.39, 0.29) is 5.97 Å². The van der Waals surface area contributed by atoms with E-state index in [4.69, 9.17) is 15.2 Å². The maximum atomic E-state index is 12.1. The van der Waals surface area contributed by atoms with Crippen LogP contribution in [0, 0.1) is 0 Å². The fourth-order valence-electron chi connectivity index (χ4n) is 2.05. The highest BCUT2D eigenvalue weighted by Gasteiger charge is 2.14. The van der Waals surface area contributed by atoms with Crippen molar-refractivity contribution in [2.24, 2.45) is 0 Å². The molecule has 0 saturated carbocycles. The Labute approximate surface area is 127 Å². The molecule has 0 radical (unpaired) electrons. The molecule has 0 saturated heterocycles. The quantitative estimate of drug-likeness (QED) is 0.431. The molecule has 1 aromatic rings. The van der Waals surface area contributed by atoms with Gasteiger partial charge in [0.2, 0.25) is 0 Å². The van der Waals surface area contributed by atoms with E-state index in [1.807, 2.05) is 6.92 Å². The van der Waals surface area contributed by atoms with Gasteiger partial charge in [-0.25, -0.2) is 4.79 Å². The Morgan fingerprint density at radius 2 is 1.95 bits per heavy atom. The van der Waals surface area contributed by atoms with Crippen LogP contribution in [0.3, 0.4) is 0 Å². The van der Waals surface area contributed by atoms with Crippen molar-refractivity contribution in [3.05, 3.63) is 23.8 Å². The van der Waals surface area contributed by atoms with Crippen molar-refractivity contribution in [1.82, 2.24) is 4.90 Å². The Kier molecular flexibility index (Phi) is 7.61. The van der Waals surface area contributed by atoms with E-state index in [2.05, 4.69) is 18.7 Å². The van der Waals surface area contributed by atoms with E-state index >= 15 is 0 Å². The Morgan fingerprint density at radius 1 is 1.24 bits per heavy atom. The number of nitrogens with zero attached hydrogens (tertiary/aromatic N) is 1. The van der Waals surface area contributed by atoms with Crippen LogP contribution in [0.1, 0.15) is 37.6 Å². The predicted octanol–water partition coefficient (Wildman–Crippen LogP) is 2.56. The number of carbonyl (C=O) groups is 1. The zero-order valence-electron chi connectivity index (χ0n) is 13.2. The van der Waals surface area contributed by atoms with Crippen molar-refractivity contribution in [2.45, 2.75) is 27.2 Å². The number of rotatable bonds is 9. The van der Waals surface area contributed by atoms with Gasteiger partial charge in [0.05, 0.1) is 13.2 Å². The maximum absolute atomic E-state index is 12.1. The Bertz CT molecular complexity index is 445. The normalized spacial score (nSPS) is 10.7. The second-order valence-electron chi connectivity index (χ2n) is 4.70. The number of benzene rings is 1. The highest BCUT2D eigenvalue weighted by molar-refractivity contribution is 5.93. The summed E-state index contributed by atoms with van der Waals surface area (Å²) in [6, 6.07) is 4.97. The number of anilines is 1. The number of ether oxygens (including phenoxy) is 2. The Hall–Kier alpha value is -1.75. The van der Waals surface area contributed by atoms with Gasteiger partial charge in [-0.1, -0.05) is 13.8 Å². The molecule has 0 aliphatic carbocycles. The number of nitrogens with two attached hydrogens (primary N) is 1. The molecule has 118 valence electrons. The van der Waals surface area contributed by atoms with E-state index < -0.39 is 0 Å². The molecule has 5 nitrogen and oxygen atoms in total. The third kappa shape index (κ3) is 5.63. The maximum Gasteiger partial charge on any atom is 0.341 e. The fraction of sp³-hybridized carbons (Fsp3) is 0.562. The van der Waals surface area contributed by atoms with Crippen LogP contribution < -0.4 is 10.5 Å². The topological polar surface area (TPSA) is 64.8 Å². The lowest BCUT2D eigenvalue weighted by Crippen LogP contribution is -2.25. The average Bonchev–Trinajstić information content (AvgIpc) is 2.47. The van der Waals surface area contributed by atoms with Gasteiger partial charge < -0.3 is 20.1 Å². The minimum absolute atomic E-state index is 0.363. The third-order valence-corrected chi connectivity index (χ3v) is 3.27. The monoisotopic (exact) mass is 294 g/mol. The SMILES string of the molecule is CCOc1cc(N)ccc1C(=O)OCCCN(CC)CC. The summed E-state index contributed by atoms with van der Waals surface area (Å²) in [7, 11) is 0. The summed E-state index contributed by atoms with van der Waals surface area (Å²) < 4.78 is 10.7. The summed E-state index contributed by atoms with van der Waals surface area (Å²) >= 11 is 0. The molecular weight excluding hydrogens is 268 g/mol. The van der Waals surface area contributed by atoms with Crippen LogP contribution in [0.2, 0.25) is 0 Å². The zero-order valence-corrected chi connectivity index (χ0v) is 13.2. The molecule has 0 aliphatic heterocycles. The number of esters is 1. The fourth-order valence-corrected chi connectivity index (χ4v) is 2.05. The summed E-state index contributed by atoms with van der Waals surface area (Å²) in [5.41, 5.74) is 6.70. The molecule has 0 spiro atoms. The molecule has 0 atom stereocenters. The van der Waals surface area contributed by atoms with Crippen LogP contribution in [0.25, 0.3) is 0 Å². The summed E-state index contributed by atoms with van der Waals surface area (Å²) in [5, 5.41) is 0. The predicted molar refractivity (Wildman–Crippen MR) is 84.7 cm³/mol. The van der Waals surface area contributed by atoms with Crippen LogP contribution in [-0.2, 0) is 4.74 Å². The van der Waals surface area contributed by atoms with Gasteiger partial charge in [-0.15, -0.1) is 0 Å². The van der Waals surface area contributed by atoms with Crippen molar-refractivity contribution >= 4 is 11.7 Å². The summed E-state index contributed by atoms with van der Waals surface area (Å²) in [6.07, 6.45) is 0.826. The van der Waals surface area contributed by atoms with Crippen LogP contribution in [0.15, 0.2) is 18.2 Å². The highest BCUT2D eigenvalue weighted by Crippen LogP contribution is 2.22. The number of carbonyl (C=O) groups excluding carboxylic acids is 1.